The van der Waals surface area contributed by atoms with Gasteiger partial charge in [0, 0.05) is 16.6 Å². The summed E-state index contributed by atoms with van der Waals surface area (Å²) in [6.45, 7) is 3.51. The van der Waals surface area contributed by atoms with E-state index in [0.29, 0.717) is 12.1 Å². The van der Waals surface area contributed by atoms with E-state index in [2.05, 4.69) is 64.6 Å². The van der Waals surface area contributed by atoms with Gasteiger partial charge in [0.15, 0.2) is 11.5 Å². The predicted octanol–water partition coefficient (Wildman–Crippen LogP) is 6.40. The van der Waals surface area contributed by atoms with Gasteiger partial charge in [0.05, 0.1) is 7.11 Å². The summed E-state index contributed by atoms with van der Waals surface area (Å²) in [5.41, 5.74) is 4.02. The van der Waals surface area contributed by atoms with Crippen molar-refractivity contribution in [3.63, 3.8) is 0 Å². The Labute approximate surface area is 188 Å². The van der Waals surface area contributed by atoms with Crippen LogP contribution in [0.3, 0.4) is 0 Å². The zero-order valence-corrected chi connectivity index (χ0v) is 19.6. The van der Waals surface area contributed by atoms with E-state index in [9.17, 15) is 0 Å². The number of methoxy groups -OCH3 is 1. The van der Waals surface area contributed by atoms with Crippen molar-refractivity contribution in [3.05, 3.63) is 57.6 Å². The average molecular weight is 470 g/mol. The molecule has 2 aromatic rings. The van der Waals surface area contributed by atoms with Crippen molar-refractivity contribution in [1.29, 1.82) is 0 Å². The van der Waals surface area contributed by atoms with E-state index in [1.807, 2.05) is 0 Å². The van der Waals surface area contributed by atoms with E-state index in [1.54, 1.807) is 7.11 Å². The van der Waals surface area contributed by atoms with Crippen molar-refractivity contribution in [2.45, 2.75) is 64.1 Å². The molecule has 4 fully saturated rings. The topological polar surface area (TPSA) is 30.5 Å². The molecule has 0 amide bonds. The molecule has 30 heavy (non-hydrogen) atoms. The minimum Gasteiger partial charge on any atom is -0.493 e. The number of benzene rings is 2. The molecule has 0 aliphatic heterocycles. The molecule has 0 spiro atoms. The second kappa shape index (κ2) is 8.20. The number of nitrogens with one attached hydrogen (secondary N) is 1. The zero-order valence-electron chi connectivity index (χ0n) is 18.0. The summed E-state index contributed by atoms with van der Waals surface area (Å²) in [5, 5.41) is 3.99. The molecule has 4 saturated carbocycles. The van der Waals surface area contributed by atoms with Gasteiger partial charge in [-0.3, -0.25) is 0 Å². The van der Waals surface area contributed by atoms with Gasteiger partial charge in [0.25, 0.3) is 0 Å². The van der Waals surface area contributed by atoms with Gasteiger partial charge in [-0.25, -0.2) is 0 Å². The van der Waals surface area contributed by atoms with Gasteiger partial charge in [-0.15, -0.1) is 0 Å². The lowest BCUT2D eigenvalue weighted by Crippen LogP contribution is -2.58. The first-order valence-corrected chi connectivity index (χ1v) is 12.1. The molecular formula is C26H32BrNO2. The Balaban J connectivity index is 1.27. The van der Waals surface area contributed by atoms with E-state index in [1.165, 1.54) is 49.7 Å². The highest BCUT2D eigenvalue weighted by Gasteiger charge is 2.50. The molecule has 4 bridgehead atoms. The summed E-state index contributed by atoms with van der Waals surface area (Å²) in [6, 6.07) is 12.6. The maximum atomic E-state index is 6.09. The summed E-state index contributed by atoms with van der Waals surface area (Å²) in [4.78, 5) is 0. The van der Waals surface area contributed by atoms with Gasteiger partial charge in [-0.1, -0.05) is 45.8 Å². The molecule has 0 unspecified atom stereocenters. The van der Waals surface area contributed by atoms with Gasteiger partial charge in [-0.05, 0) is 86.5 Å². The van der Waals surface area contributed by atoms with Crippen LogP contribution in [0.25, 0.3) is 0 Å². The summed E-state index contributed by atoms with van der Waals surface area (Å²) >= 11 is 3.78. The van der Waals surface area contributed by atoms with Crippen LogP contribution in [-0.4, -0.2) is 12.6 Å². The van der Waals surface area contributed by atoms with Crippen molar-refractivity contribution in [2.75, 3.05) is 7.11 Å². The fourth-order valence-electron chi connectivity index (χ4n) is 6.44. The van der Waals surface area contributed by atoms with Gasteiger partial charge >= 0.3 is 0 Å². The largest absolute Gasteiger partial charge is 0.493 e. The average Bonchev–Trinajstić information content (AvgIpc) is 2.71. The maximum Gasteiger partial charge on any atom is 0.162 e. The molecule has 4 aliphatic carbocycles. The summed E-state index contributed by atoms with van der Waals surface area (Å²) in [6.07, 6.45) is 8.53. The van der Waals surface area contributed by atoms with Crippen molar-refractivity contribution >= 4 is 15.9 Å². The summed E-state index contributed by atoms with van der Waals surface area (Å²) in [5.74, 6) is 4.45. The normalized spacial score (nSPS) is 29.2. The molecule has 2 aromatic carbocycles. The molecular weight excluding hydrogens is 438 g/mol. The number of halogens is 1. The Morgan fingerprint density at radius 1 is 0.967 bits per heavy atom. The Morgan fingerprint density at radius 2 is 1.60 bits per heavy atom. The van der Waals surface area contributed by atoms with Gasteiger partial charge in [0.2, 0.25) is 0 Å². The van der Waals surface area contributed by atoms with Gasteiger partial charge in [-0.2, -0.15) is 0 Å². The number of hydrogen-bond acceptors (Lipinski definition) is 3. The second-order valence-corrected chi connectivity index (χ2v) is 10.8. The standard InChI is InChI=1S/C26H32BrNO2/c1-17-3-5-18(6-4-17)16-30-25-11-23(27)22(10-24(25)29-2)15-28-26-12-19-7-20(13-26)9-21(8-19)14-26/h3-6,10-11,19-21,28H,7-9,12-16H2,1-2H3. The quantitative estimate of drug-likeness (QED) is 0.508. The Kier molecular flexibility index (Phi) is 5.57. The van der Waals surface area contributed by atoms with Crippen LogP contribution >= 0.6 is 15.9 Å². The Hall–Kier alpha value is -1.52. The van der Waals surface area contributed by atoms with E-state index in [4.69, 9.17) is 9.47 Å². The molecule has 0 radical (unpaired) electrons. The number of hydrogen-bond donors (Lipinski definition) is 1. The van der Waals surface area contributed by atoms with Gasteiger partial charge in [0.1, 0.15) is 6.61 Å². The summed E-state index contributed by atoms with van der Waals surface area (Å²) in [7, 11) is 1.72. The molecule has 0 saturated heterocycles. The van der Waals surface area contributed by atoms with Crippen molar-refractivity contribution in [2.24, 2.45) is 17.8 Å². The SMILES string of the molecule is COc1cc(CNC23CC4CC(CC(C4)C2)C3)c(Br)cc1OCc1ccc(C)cc1. The van der Waals surface area contributed by atoms with Crippen LogP contribution in [0.4, 0.5) is 0 Å². The van der Waals surface area contributed by atoms with Crippen molar-refractivity contribution < 1.29 is 9.47 Å². The number of rotatable bonds is 7. The highest BCUT2D eigenvalue weighted by atomic mass is 79.9. The van der Waals surface area contributed by atoms with Crippen LogP contribution in [0.15, 0.2) is 40.9 Å². The first kappa shape index (κ1) is 20.4. The minimum atomic E-state index is 0.363. The lowest BCUT2D eigenvalue weighted by atomic mass is 9.53. The fraction of sp³-hybridized carbons (Fsp3) is 0.538. The van der Waals surface area contributed by atoms with Crippen LogP contribution in [-0.2, 0) is 13.2 Å². The third kappa shape index (κ3) is 4.13. The highest BCUT2D eigenvalue weighted by Crippen LogP contribution is 2.55. The zero-order chi connectivity index (χ0) is 20.7. The minimum absolute atomic E-state index is 0.363. The Bertz CT molecular complexity index is 873. The van der Waals surface area contributed by atoms with Crippen LogP contribution in [0.2, 0.25) is 0 Å². The lowest BCUT2D eigenvalue weighted by molar-refractivity contribution is -0.0206. The van der Waals surface area contributed by atoms with Crippen LogP contribution in [0, 0.1) is 24.7 Å². The van der Waals surface area contributed by atoms with E-state index in [0.717, 1.165) is 45.8 Å². The molecule has 6 rings (SSSR count). The Morgan fingerprint density at radius 3 is 2.20 bits per heavy atom. The summed E-state index contributed by atoms with van der Waals surface area (Å²) < 4.78 is 12.8. The molecule has 0 aromatic heterocycles. The highest BCUT2D eigenvalue weighted by molar-refractivity contribution is 9.10. The molecule has 3 nitrogen and oxygen atoms in total. The number of ether oxygens (including phenoxy) is 2. The van der Waals surface area contributed by atoms with Crippen LogP contribution in [0.1, 0.15) is 55.2 Å². The van der Waals surface area contributed by atoms with E-state index < -0.39 is 0 Å². The molecule has 4 aliphatic rings. The first-order chi connectivity index (χ1) is 14.5. The molecule has 4 heteroatoms. The molecule has 1 N–H and O–H groups in total. The van der Waals surface area contributed by atoms with Crippen molar-refractivity contribution in [1.82, 2.24) is 5.32 Å². The smallest absolute Gasteiger partial charge is 0.162 e. The van der Waals surface area contributed by atoms with Gasteiger partial charge < -0.3 is 14.8 Å². The van der Waals surface area contributed by atoms with E-state index >= 15 is 0 Å². The van der Waals surface area contributed by atoms with E-state index in [-0.39, 0.29) is 0 Å². The maximum absolute atomic E-state index is 6.09. The predicted molar refractivity (Wildman–Crippen MR) is 124 cm³/mol. The second-order valence-electron chi connectivity index (χ2n) is 9.92. The molecule has 160 valence electrons. The van der Waals surface area contributed by atoms with Crippen LogP contribution < -0.4 is 14.8 Å². The third-order valence-corrected chi connectivity index (χ3v) is 8.28. The number of aryl methyl sites for hydroxylation is 1. The molecule has 0 heterocycles. The van der Waals surface area contributed by atoms with Crippen molar-refractivity contribution in [3.8, 4) is 11.5 Å². The monoisotopic (exact) mass is 469 g/mol. The van der Waals surface area contributed by atoms with Crippen LogP contribution in [0.5, 0.6) is 11.5 Å². The lowest BCUT2D eigenvalue weighted by Gasteiger charge is -2.57. The fourth-order valence-corrected chi connectivity index (χ4v) is 6.90. The molecule has 0 atom stereocenters. The first-order valence-electron chi connectivity index (χ1n) is 11.3. The third-order valence-electron chi connectivity index (χ3n) is 7.54.